The molecule has 0 bridgehead atoms. The normalized spacial score (nSPS) is 22.5. The molecule has 0 radical (unpaired) electrons. The van der Waals surface area contributed by atoms with Gasteiger partial charge in [0.05, 0.1) is 13.2 Å². The molecule has 0 aliphatic carbocycles. The summed E-state index contributed by atoms with van der Waals surface area (Å²) in [6.07, 6.45) is 3.78. The predicted octanol–water partition coefficient (Wildman–Crippen LogP) is 1.58. The Labute approximate surface area is 247 Å². The molecule has 2 aliphatic rings. The molecule has 2 aromatic rings. The third-order valence-corrected chi connectivity index (χ3v) is 8.40. The largest absolute Gasteiger partial charge is 0.497 e. The molecule has 0 aromatic heterocycles. The number of fused-ring (bicyclic) bond motifs is 1. The number of benzene rings is 2. The molecule has 10 nitrogen and oxygen atoms in total. The van der Waals surface area contributed by atoms with E-state index in [0.29, 0.717) is 38.6 Å². The van der Waals surface area contributed by atoms with Gasteiger partial charge in [0.2, 0.25) is 23.6 Å². The third kappa shape index (κ3) is 7.88. The van der Waals surface area contributed by atoms with Gasteiger partial charge in [-0.05, 0) is 68.8 Å². The highest BCUT2D eigenvalue weighted by atomic mass is 16.5. The molecule has 2 fully saturated rings. The van der Waals surface area contributed by atoms with Gasteiger partial charge in [-0.3, -0.25) is 19.2 Å². The first-order valence-electron chi connectivity index (χ1n) is 14.8. The summed E-state index contributed by atoms with van der Waals surface area (Å²) >= 11 is 0. The number of hydrogen-bond acceptors (Lipinski definition) is 6. The van der Waals surface area contributed by atoms with Crippen LogP contribution in [0.25, 0.3) is 0 Å². The van der Waals surface area contributed by atoms with E-state index in [1.807, 2.05) is 54.6 Å². The van der Waals surface area contributed by atoms with Crippen LogP contribution in [0.4, 0.5) is 0 Å². The lowest BCUT2D eigenvalue weighted by Gasteiger charge is -2.33. The van der Waals surface area contributed by atoms with Gasteiger partial charge in [0.1, 0.15) is 17.8 Å². The average Bonchev–Trinajstić information content (AvgIpc) is 3.38. The first-order chi connectivity index (χ1) is 20.3. The van der Waals surface area contributed by atoms with Gasteiger partial charge in [-0.1, -0.05) is 42.5 Å². The Morgan fingerprint density at radius 1 is 0.952 bits per heavy atom. The summed E-state index contributed by atoms with van der Waals surface area (Å²) in [6, 6.07) is 15.3. The monoisotopic (exact) mass is 577 g/mol. The lowest BCUT2D eigenvalue weighted by Crippen LogP contribution is -2.59. The van der Waals surface area contributed by atoms with Crippen molar-refractivity contribution in [3.63, 3.8) is 0 Å². The molecule has 2 heterocycles. The Balaban J connectivity index is 1.46. The van der Waals surface area contributed by atoms with Gasteiger partial charge in [0.25, 0.3) is 0 Å². The number of carbonyl (C=O) groups excluding carboxylic acids is 4. The Morgan fingerprint density at radius 3 is 2.33 bits per heavy atom. The lowest BCUT2D eigenvalue weighted by molar-refractivity contribution is -0.143. The zero-order valence-corrected chi connectivity index (χ0v) is 24.7. The number of methoxy groups -OCH3 is 1. The van der Waals surface area contributed by atoms with Crippen LogP contribution < -0.4 is 26.0 Å². The number of likely N-dealkylation sites (N-methyl/N-ethyl adjacent to an activating group) is 1. The summed E-state index contributed by atoms with van der Waals surface area (Å²) in [7, 11) is 3.34. The lowest BCUT2D eigenvalue weighted by atomic mass is 9.92. The molecule has 2 aromatic carbocycles. The van der Waals surface area contributed by atoms with Crippen LogP contribution in [0.15, 0.2) is 54.6 Å². The smallest absolute Gasteiger partial charge is 0.246 e. The van der Waals surface area contributed by atoms with Crippen LogP contribution in [0.1, 0.15) is 43.7 Å². The zero-order valence-electron chi connectivity index (χ0n) is 24.7. The number of nitrogens with one attached hydrogen (secondary N) is 4. The van der Waals surface area contributed by atoms with Gasteiger partial charge in [0.15, 0.2) is 0 Å². The van der Waals surface area contributed by atoms with Gasteiger partial charge >= 0.3 is 0 Å². The predicted molar refractivity (Wildman–Crippen MR) is 160 cm³/mol. The van der Waals surface area contributed by atoms with Crippen molar-refractivity contribution < 1.29 is 23.9 Å². The molecule has 226 valence electrons. The van der Waals surface area contributed by atoms with E-state index < -0.39 is 18.1 Å². The molecule has 5 atom stereocenters. The molecule has 0 spiro atoms. The fourth-order valence-electron chi connectivity index (χ4n) is 6.04. The van der Waals surface area contributed by atoms with Crippen LogP contribution in [0.3, 0.4) is 0 Å². The van der Waals surface area contributed by atoms with E-state index in [-0.39, 0.29) is 42.1 Å². The minimum Gasteiger partial charge on any atom is -0.497 e. The van der Waals surface area contributed by atoms with E-state index in [1.54, 1.807) is 19.1 Å². The molecule has 0 unspecified atom stereocenters. The highest BCUT2D eigenvalue weighted by Crippen LogP contribution is 2.34. The molecule has 4 amide bonds. The maximum absolute atomic E-state index is 14.1. The van der Waals surface area contributed by atoms with E-state index in [4.69, 9.17) is 4.74 Å². The second-order valence-corrected chi connectivity index (χ2v) is 11.2. The maximum atomic E-state index is 14.1. The molecular weight excluding hydrogens is 534 g/mol. The Hall–Kier alpha value is -3.92. The first kappa shape index (κ1) is 31.0. The Kier molecular flexibility index (Phi) is 10.9. The van der Waals surface area contributed by atoms with E-state index in [2.05, 4.69) is 21.3 Å². The van der Waals surface area contributed by atoms with E-state index in [9.17, 15) is 19.2 Å². The zero-order chi connectivity index (χ0) is 30.1. The van der Waals surface area contributed by atoms with Gasteiger partial charge < -0.3 is 30.9 Å². The van der Waals surface area contributed by atoms with Gasteiger partial charge in [-0.25, -0.2) is 0 Å². The molecule has 10 heteroatoms. The van der Waals surface area contributed by atoms with Gasteiger partial charge in [-0.15, -0.1) is 0 Å². The average molecular weight is 578 g/mol. The van der Waals surface area contributed by atoms with Crippen LogP contribution in [-0.2, 0) is 32.0 Å². The highest BCUT2D eigenvalue weighted by Gasteiger charge is 2.47. The fourth-order valence-corrected chi connectivity index (χ4v) is 6.04. The van der Waals surface area contributed by atoms with Crippen LogP contribution in [-0.4, -0.2) is 79.9 Å². The number of carbonyl (C=O) groups is 4. The van der Waals surface area contributed by atoms with Crippen LogP contribution >= 0.6 is 0 Å². The minimum atomic E-state index is -0.853. The van der Waals surface area contributed by atoms with Crippen molar-refractivity contribution in [3.05, 3.63) is 65.7 Å². The van der Waals surface area contributed by atoms with Crippen molar-refractivity contribution in [2.45, 2.75) is 69.6 Å². The summed E-state index contributed by atoms with van der Waals surface area (Å²) in [5.74, 6) is -0.428. The summed E-state index contributed by atoms with van der Waals surface area (Å²) in [4.78, 5) is 54.4. The second-order valence-electron chi connectivity index (χ2n) is 11.2. The summed E-state index contributed by atoms with van der Waals surface area (Å²) in [5, 5.41) is 11.9. The molecule has 0 saturated carbocycles. The summed E-state index contributed by atoms with van der Waals surface area (Å²) in [5.41, 5.74) is 2.07. The van der Waals surface area contributed by atoms with Crippen LogP contribution in [0, 0.1) is 5.92 Å². The quantitative estimate of drug-likeness (QED) is 0.303. The molecule has 2 saturated heterocycles. The van der Waals surface area contributed by atoms with Crippen molar-refractivity contribution in [2.24, 2.45) is 5.92 Å². The molecular formula is C32H43N5O5. The van der Waals surface area contributed by atoms with Gasteiger partial charge in [-0.2, -0.15) is 0 Å². The first-order valence-corrected chi connectivity index (χ1v) is 14.8. The molecule has 42 heavy (non-hydrogen) atoms. The third-order valence-electron chi connectivity index (χ3n) is 8.40. The second kappa shape index (κ2) is 14.8. The van der Waals surface area contributed by atoms with E-state index in [0.717, 1.165) is 23.3 Å². The van der Waals surface area contributed by atoms with Crippen molar-refractivity contribution in [1.82, 2.24) is 26.2 Å². The van der Waals surface area contributed by atoms with Gasteiger partial charge in [0, 0.05) is 32.0 Å². The minimum absolute atomic E-state index is 0.0824. The summed E-state index contributed by atoms with van der Waals surface area (Å²) in [6.45, 7) is 2.16. The Bertz CT molecular complexity index is 1220. The van der Waals surface area contributed by atoms with Crippen LogP contribution in [0.2, 0.25) is 0 Å². The van der Waals surface area contributed by atoms with Crippen LogP contribution in [0.5, 0.6) is 5.75 Å². The number of amides is 4. The topological polar surface area (TPSA) is 129 Å². The number of hydrogen-bond donors (Lipinski definition) is 4. The van der Waals surface area contributed by atoms with E-state index in [1.165, 1.54) is 6.92 Å². The summed E-state index contributed by atoms with van der Waals surface area (Å²) < 4.78 is 5.21. The van der Waals surface area contributed by atoms with Crippen molar-refractivity contribution >= 4 is 23.6 Å². The molecule has 2 aliphatic heterocycles. The van der Waals surface area contributed by atoms with Crippen molar-refractivity contribution in [2.75, 3.05) is 27.2 Å². The fraction of sp³-hybridized carbons (Fsp3) is 0.500. The van der Waals surface area contributed by atoms with Crippen molar-refractivity contribution in [1.29, 1.82) is 0 Å². The maximum Gasteiger partial charge on any atom is 0.246 e. The molecule has 4 rings (SSSR count). The standard InChI is InChI=1S/C32H43N5O5/c1-21(38)35-20-24-11-12-25-13-16-28(31(40)34-18-17-22-9-14-26(42-3)15-10-22)37(25)32(41)29(24)36-30(39)27(33-2)19-23-7-5-4-6-8-23/h4-10,14-15,24-25,27-29,33H,11-13,16-20H2,1-3H3,(H,34,40)(H,35,38)(H,36,39)/t24-,25+,27-,28+,29+/m1/s1. The number of nitrogens with zero attached hydrogens (tertiary/aromatic N) is 1. The number of ether oxygens (including phenoxy) is 1. The molecule has 4 N–H and O–H groups in total. The SMILES string of the molecule is CN[C@H](Cc1ccccc1)C(=O)N[C@@H]1C(=O)N2[C@@H](CC[C@@H]1CNC(C)=O)CC[C@H]2C(=O)NCCc1ccc(OC)cc1. The van der Waals surface area contributed by atoms with E-state index >= 15 is 0 Å². The number of rotatable bonds is 12. The Morgan fingerprint density at radius 2 is 1.67 bits per heavy atom. The highest BCUT2D eigenvalue weighted by molar-refractivity contribution is 5.94. The van der Waals surface area contributed by atoms with Crippen molar-refractivity contribution in [3.8, 4) is 5.75 Å².